The summed E-state index contributed by atoms with van der Waals surface area (Å²) >= 11 is 0. The lowest BCUT2D eigenvalue weighted by Crippen LogP contribution is -1.93. The van der Waals surface area contributed by atoms with Crippen molar-refractivity contribution in [3.05, 3.63) is 121 Å². The Balaban J connectivity index is 1.71. The van der Waals surface area contributed by atoms with E-state index >= 15 is 0 Å². The van der Waals surface area contributed by atoms with Crippen molar-refractivity contribution in [3.63, 3.8) is 0 Å². The first-order valence-corrected chi connectivity index (χ1v) is 11.5. The number of hydrogen-bond donors (Lipinski definition) is 0. The molecule has 5 aromatic carbocycles. The van der Waals surface area contributed by atoms with Crippen molar-refractivity contribution in [2.75, 3.05) is 0 Å². The quantitative estimate of drug-likeness (QED) is 0.202. The van der Waals surface area contributed by atoms with E-state index in [2.05, 4.69) is 109 Å². The van der Waals surface area contributed by atoms with Crippen molar-refractivity contribution in [2.24, 2.45) is 0 Å². The minimum atomic E-state index is 1.00. The summed E-state index contributed by atoms with van der Waals surface area (Å²) in [6.07, 6.45) is 0. The minimum absolute atomic E-state index is 1.00. The number of pyridine rings is 2. The SMILES string of the molecule is c1ccc(-c2nc3ccccc3c3cc4c(-c5ccccc5)nc5ccccc5c4cc23)cc1. The maximum absolute atomic E-state index is 5.13. The van der Waals surface area contributed by atoms with Gasteiger partial charge >= 0.3 is 0 Å². The Kier molecular flexibility index (Phi) is 4.18. The molecule has 0 aliphatic rings. The van der Waals surface area contributed by atoms with Gasteiger partial charge in [0.05, 0.1) is 22.4 Å². The van der Waals surface area contributed by atoms with Crippen molar-refractivity contribution in [2.45, 2.75) is 0 Å². The Morgan fingerprint density at radius 1 is 0.324 bits per heavy atom. The maximum atomic E-state index is 5.13. The van der Waals surface area contributed by atoms with Crippen LogP contribution >= 0.6 is 0 Å². The first kappa shape index (κ1) is 19.0. The molecule has 0 fully saturated rings. The lowest BCUT2D eigenvalue weighted by atomic mass is 9.93. The second kappa shape index (κ2) is 7.50. The number of para-hydroxylation sites is 2. The average molecular weight is 433 g/mol. The van der Waals surface area contributed by atoms with Crippen LogP contribution in [0.2, 0.25) is 0 Å². The highest BCUT2D eigenvalue weighted by Crippen LogP contribution is 2.39. The fraction of sp³-hybridized carbons (Fsp3) is 0. The van der Waals surface area contributed by atoms with Crippen molar-refractivity contribution in [1.29, 1.82) is 0 Å². The van der Waals surface area contributed by atoms with E-state index in [1.165, 1.54) is 10.8 Å². The summed E-state index contributed by atoms with van der Waals surface area (Å²) < 4.78 is 0. The van der Waals surface area contributed by atoms with Crippen LogP contribution in [0.3, 0.4) is 0 Å². The van der Waals surface area contributed by atoms with Gasteiger partial charge in [-0.25, -0.2) is 9.97 Å². The van der Waals surface area contributed by atoms with E-state index in [1.54, 1.807) is 0 Å². The summed E-state index contributed by atoms with van der Waals surface area (Å²) in [5.74, 6) is 0. The molecule has 0 aliphatic carbocycles. The zero-order valence-corrected chi connectivity index (χ0v) is 18.4. The van der Waals surface area contributed by atoms with Crippen LogP contribution in [0.1, 0.15) is 0 Å². The first-order valence-electron chi connectivity index (χ1n) is 11.5. The van der Waals surface area contributed by atoms with Gasteiger partial charge in [-0.3, -0.25) is 0 Å². The molecule has 34 heavy (non-hydrogen) atoms. The fourth-order valence-electron chi connectivity index (χ4n) is 5.03. The molecule has 0 amide bonds. The number of fused-ring (bicyclic) bond motifs is 6. The molecule has 2 aromatic heterocycles. The third kappa shape index (κ3) is 2.89. The Morgan fingerprint density at radius 3 is 1.15 bits per heavy atom. The molecular weight excluding hydrogens is 412 g/mol. The highest BCUT2D eigenvalue weighted by molar-refractivity contribution is 6.21. The molecular formula is C32H20N2. The normalized spacial score (nSPS) is 11.5. The van der Waals surface area contributed by atoms with Gasteiger partial charge in [0, 0.05) is 32.7 Å². The molecule has 2 heteroatoms. The van der Waals surface area contributed by atoms with Gasteiger partial charge in [0.1, 0.15) is 0 Å². The highest BCUT2D eigenvalue weighted by Gasteiger charge is 2.16. The third-order valence-corrected chi connectivity index (χ3v) is 6.62. The molecule has 2 nitrogen and oxygen atoms in total. The predicted octanol–water partition coefficient (Wildman–Crippen LogP) is 8.42. The topological polar surface area (TPSA) is 25.8 Å². The van der Waals surface area contributed by atoms with Crippen LogP contribution in [-0.4, -0.2) is 9.97 Å². The van der Waals surface area contributed by atoms with Crippen LogP contribution in [0.15, 0.2) is 121 Å². The smallest absolute Gasteiger partial charge is 0.0788 e. The van der Waals surface area contributed by atoms with Crippen LogP contribution in [0, 0.1) is 0 Å². The minimum Gasteiger partial charge on any atom is -0.247 e. The zero-order valence-electron chi connectivity index (χ0n) is 18.4. The van der Waals surface area contributed by atoms with Crippen LogP contribution in [0.4, 0.5) is 0 Å². The summed E-state index contributed by atoms with van der Waals surface area (Å²) in [5, 5.41) is 7.04. The van der Waals surface area contributed by atoms with Crippen LogP contribution in [0.5, 0.6) is 0 Å². The van der Waals surface area contributed by atoms with Crippen LogP contribution < -0.4 is 0 Å². The van der Waals surface area contributed by atoms with Crippen molar-refractivity contribution in [3.8, 4) is 22.5 Å². The van der Waals surface area contributed by atoms with Crippen molar-refractivity contribution >= 4 is 43.4 Å². The lowest BCUT2D eigenvalue weighted by Gasteiger charge is -2.15. The van der Waals surface area contributed by atoms with Gasteiger partial charge in [0.2, 0.25) is 0 Å². The molecule has 0 aliphatic heterocycles. The van der Waals surface area contributed by atoms with Gasteiger partial charge in [-0.15, -0.1) is 0 Å². The van der Waals surface area contributed by atoms with E-state index < -0.39 is 0 Å². The standard InChI is InChI=1S/C32H20N2/c1-3-11-21(12-4-1)31-27-19-26-24-16-8-10-18-30(24)34-32(22-13-5-2-6-14-22)28(26)20-25(27)23-15-7-9-17-29(23)33-31/h1-20H. The number of benzene rings is 5. The molecule has 7 rings (SSSR count). The van der Waals surface area contributed by atoms with E-state index in [1.807, 2.05) is 12.1 Å². The summed E-state index contributed by atoms with van der Waals surface area (Å²) in [6.45, 7) is 0. The lowest BCUT2D eigenvalue weighted by molar-refractivity contribution is 1.42. The summed E-state index contributed by atoms with van der Waals surface area (Å²) in [7, 11) is 0. The molecule has 0 spiro atoms. The summed E-state index contributed by atoms with van der Waals surface area (Å²) in [5.41, 5.74) is 6.28. The van der Waals surface area contributed by atoms with E-state index in [0.717, 1.165) is 55.1 Å². The second-order valence-electron chi connectivity index (χ2n) is 8.63. The fourth-order valence-corrected chi connectivity index (χ4v) is 5.03. The molecule has 158 valence electrons. The number of nitrogens with zero attached hydrogens (tertiary/aromatic N) is 2. The molecule has 0 unspecified atom stereocenters. The summed E-state index contributed by atoms with van der Waals surface area (Å²) in [6, 6.07) is 42.4. The Labute approximate surface area is 197 Å². The third-order valence-electron chi connectivity index (χ3n) is 6.62. The van der Waals surface area contributed by atoms with E-state index in [9.17, 15) is 0 Å². The van der Waals surface area contributed by atoms with Gasteiger partial charge in [-0.1, -0.05) is 97.1 Å². The van der Waals surface area contributed by atoms with E-state index in [-0.39, 0.29) is 0 Å². The molecule has 0 N–H and O–H groups in total. The highest BCUT2D eigenvalue weighted by atomic mass is 14.7. The number of aromatic nitrogens is 2. The van der Waals surface area contributed by atoms with Gasteiger partial charge in [0.25, 0.3) is 0 Å². The van der Waals surface area contributed by atoms with Crippen molar-refractivity contribution < 1.29 is 0 Å². The number of hydrogen-bond acceptors (Lipinski definition) is 2. The molecule has 0 saturated carbocycles. The summed E-state index contributed by atoms with van der Waals surface area (Å²) in [4.78, 5) is 10.3. The van der Waals surface area contributed by atoms with Crippen molar-refractivity contribution in [1.82, 2.24) is 9.97 Å². The van der Waals surface area contributed by atoms with Gasteiger partial charge in [-0.2, -0.15) is 0 Å². The molecule has 0 bridgehead atoms. The Morgan fingerprint density at radius 2 is 0.706 bits per heavy atom. The maximum Gasteiger partial charge on any atom is 0.0788 e. The van der Waals surface area contributed by atoms with E-state index in [4.69, 9.17) is 9.97 Å². The average Bonchev–Trinajstić information content (AvgIpc) is 2.92. The molecule has 2 heterocycles. The first-order chi connectivity index (χ1) is 16.9. The van der Waals surface area contributed by atoms with E-state index in [0.29, 0.717) is 0 Å². The van der Waals surface area contributed by atoms with Gasteiger partial charge in [-0.05, 0) is 35.0 Å². The Hall–Kier alpha value is -4.56. The molecule has 0 saturated heterocycles. The molecule has 7 aromatic rings. The second-order valence-corrected chi connectivity index (χ2v) is 8.63. The van der Waals surface area contributed by atoms with Crippen LogP contribution in [-0.2, 0) is 0 Å². The predicted molar refractivity (Wildman–Crippen MR) is 143 cm³/mol. The zero-order chi connectivity index (χ0) is 22.5. The van der Waals surface area contributed by atoms with Gasteiger partial charge in [0.15, 0.2) is 0 Å². The molecule has 0 radical (unpaired) electrons. The molecule has 0 atom stereocenters. The Bertz CT molecular complexity index is 1700. The number of rotatable bonds is 2. The monoisotopic (exact) mass is 432 g/mol. The largest absolute Gasteiger partial charge is 0.247 e. The van der Waals surface area contributed by atoms with Crippen LogP contribution in [0.25, 0.3) is 65.9 Å². The van der Waals surface area contributed by atoms with Gasteiger partial charge < -0.3 is 0 Å².